The summed E-state index contributed by atoms with van der Waals surface area (Å²) in [5, 5.41) is 28.0. The van der Waals surface area contributed by atoms with E-state index in [1.165, 1.54) is 0 Å². The van der Waals surface area contributed by atoms with Gasteiger partial charge in [-0.05, 0) is 25.1 Å². The maximum atomic E-state index is 12.7. The Labute approximate surface area is 153 Å². The Kier molecular flexibility index (Phi) is 5.20. The first-order valence-electron chi connectivity index (χ1n) is 8.26. The number of phenolic OH excluding ortho intramolecular Hbond substituents is 1. The minimum absolute atomic E-state index is 0.112. The molecule has 2 heterocycles. The van der Waals surface area contributed by atoms with E-state index in [-0.39, 0.29) is 23.3 Å². The smallest absolute Gasteiger partial charge is 0.416 e. The van der Waals surface area contributed by atoms with Crippen LogP contribution in [0.4, 0.5) is 19.1 Å². The van der Waals surface area contributed by atoms with Crippen LogP contribution in [-0.4, -0.2) is 57.8 Å². The molecule has 0 spiro atoms. The SMILES string of the molecule is CO[C@@H]1C[C@@H](O)CN(c2nnc(-c3ccc(C(F)(F)F)cc3O)c(C)n2)C1. The normalized spacial score (nSPS) is 20.7. The summed E-state index contributed by atoms with van der Waals surface area (Å²) in [5.74, 6) is -0.270. The van der Waals surface area contributed by atoms with Crippen molar-refractivity contribution < 1.29 is 28.1 Å². The third kappa shape index (κ3) is 4.11. The van der Waals surface area contributed by atoms with E-state index >= 15 is 0 Å². The van der Waals surface area contributed by atoms with Crippen LogP contribution in [-0.2, 0) is 10.9 Å². The number of ether oxygens (including phenoxy) is 1. The van der Waals surface area contributed by atoms with Crippen LogP contribution in [0, 0.1) is 6.92 Å². The third-order valence-electron chi connectivity index (χ3n) is 4.44. The van der Waals surface area contributed by atoms with Crippen LogP contribution in [0.3, 0.4) is 0 Å². The van der Waals surface area contributed by atoms with Gasteiger partial charge in [-0.1, -0.05) is 0 Å². The summed E-state index contributed by atoms with van der Waals surface area (Å²) in [5.41, 5.74) is -0.262. The van der Waals surface area contributed by atoms with E-state index in [0.717, 1.165) is 12.1 Å². The van der Waals surface area contributed by atoms with Gasteiger partial charge in [-0.15, -0.1) is 10.2 Å². The van der Waals surface area contributed by atoms with Crippen molar-refractivity contribution in [2.75, 3.05) is 25.1 Å². The lowest BCUT2D eigenvalue weighted by molar-refractivity contribution is -0.137. The van der Waals surface area contributed by atoms with Gasteiger partial charge in [0.05, 0.1) is 23.5 Å². The number of hydrogen-bond acceptors (Lipinski definition) is 7. The second-order valence-corrected chi connectivity index (χ2v) is 6.43. The van der Waals surface area contributed by atoms with Crippen molar-refractivity contribution in [1.82, 2.24) is 15.2 Å². The summed E-state index contributed by atoms with van der Waals surface area (Å²) in [6, 6.07) is 2.66. The quantitative estimate of drug-likeness (QED) is 0.838. The highest BCUT2D eigenvalue weighted by molar-refractivity contribution is 5.69. The molecule has 0 amide bonds. The minimum atomic E-state index is -4.55. The number of nitrogens with zero attached hydrogens (tertiary/aromatic N) is 4. The fourth-order valence-corrected chi connectivity index (χ4v) is 3.04. The molecule has 27 heavy (non-hydrogen) atoms. The molecule has 146 valence electrons. The monoisotopic (exact) mass is 384 g/mol. The number of aryl methyl sites for hydroxylation is 1. The molecular weight excluding hydrogens is 365 g/mol. The number of aromatic nitrogens is 3. The molecule has 1 aromatic carbocycles. The molecular formula is C17H19F3N4O3. The zero-order valence-electron chi connectivity index (χ0n) is 14.7. The molecule has 3 rings (SSSR count). The van der Waals surface area contributed by atoms with Crippen LogP contribution in [0.1, 0.15) is 17.7 Å². The predicted molar refractivity (Wildman–Crippen MR) is 90.3 cm³/mol. The number of aliphatic hydroxyl groups excluding tert-OH is 1. The van der Waals surface area contributed by atoms with Crippen LogP contribution in [0.15, 0.2) is 18.2 Å². The Balaban J connectivity index is 1.89. The molecule has 7 nitrogen and oxygen atoms in total. The lowest BCUT2D eigenvalue weighted by atomic mass is 10.1. The van der Waals surface area contributed by atoms with E-state index in [4.69, 9.17) is 4.74 Å². The molecule has 2 N–H and O–H groups in total. The van der Waals surface area contributed by atoms with Crippen molar-refractivity contribution in [3.05, 3.63) is 29.5 Å². The maximum Gasteiger partial charge on any atom is 0.416 e. The summed E-state index contributed by atoms with van der Waals surface area (Å²) < 4.78 is 43.5. The van der Waals surface area contributed by atoms with Crippen LogP contribution in [0.2, 0.25) is 0 Å². The van der Waals surface area contributed by atoms with Crippen molar-refractivity contribution in [2.24, 2.45) is 0 Å². The van der Waals surface area contributed by atoms with E-state index < -0.39 is 23.6 Å². The van der Waals surface area contributed by atoms with E-state index in [1.807, 2.05) is 0 Å². The van der Waals surface area contributed by atoms with E-state index in [2.05, 4.69) is 15.2 Å². The molecule has 2 atom stereocenters. The van der Waals surface area contributed by atoms with Gasteiger partial charge in [-0.2, -0.15) is 13.2 Å². The fraction of sp³-hybridized carbons (Fsp3) is 0.471. The lowest BCUT2D eigenvalue weighted by Crippen LogP contribution is -2.47. The van der Waals surface area contributed by atoms with Crippen LogP contribution < -0.4 is 4.90 Å². The highest BCUT2D eigenvalue weighted by Gasteiger charge is 2.32. The Bertz CT molecular complexity index is 832. The van der Waals surface area contributed by atoms with Crippen LogP contribution in [0.25, 0.3) is 11.3 Å². The number of rotatable bonds is 3. The van der Waals surface area contributed by atoms with Gasteiger partial charge in [0.25, 0.3) is 0 Å². The van der Waals surface area contributed by atoms with E-state index in [1.54, 1.807) is 18.9 Å². The zero-order valence-corrected chi connectivity index (χ0v) is 14.7. The van der Waals surface area contributed by atoms with Crippen LogP contribution >= 0.6 is 0 Å². The van der Waals surface area contributed by atoms with Crippen molar-refractivity contribution in [2.45, 2.75) is 31.7 Å². The molecule has 0 saturated carbocycles. The topological polar surface area (TPSA) is 91.6 Å². The third-order valence-corrected chi connectivity index (χ3v) is 4.44. The average Bonchev–Trinajstić information content (AvgIpc) is 2.60. The number of phenols is 1. The molecule has 1 fully saturated rings. The van der Waals surface area contributed by atoms with Gasteiger partial charge in [-0.3, -0.25) is 0 Å². The Morgan fingerprint density at radius 3 is 2.56 bits per heavy atom. The summed E-state index contributed by atoms with van der Waals surface area (Å²) in [6.07, 6.45) is -4.80. The number of anilines is 1. The van der Waals surface area contributed by atoms with Crippen molar-refractivity contribution in [3.63, 3.8) is 0 Å². The summed E-state index contributed by atoms with van der Waals surface area (Å²) in [4.78, 5) is 6.08. The molecule has 1 aliphatic heterocycles. The molecule has 1 saturated heterocycles. The minimum Gasteiger partial charge on any atom is -0.507 e. The van der Waals surface area contributed by atoms with Gasteiger partial charge in [0.15, 0.2) is 0 Å². The number of methoxy groups -OCH3 is 1. The lowest BCUT2D eigenvalue weighted by Gasteiger charge is -2.34. The average molecular weight is 384 g/mol. The maximum absolute atomic E-state index is 12.7. The Morgan fingerprint density at radius 1 is 1.22 bits per heavy atom. The van der Waals surface area contributed by atoms with Gasteiger partial charge in [0.2, 0.25) is 5.95 Å². The highest BCUT2D eigenvalue weighted by atomic mass is 19.4. The number of aromatic hydroxyl groups is 1. The first kappa shape index (κ1) is 19.3. The van der Waals surface area contributed by atoms with Gasteiger partial charge in [0.1, 0.15) is 11.4 Å². The van der Waals surface area contributed by atoms with E-state index in [9.17, 15) is 23.4 Å². The molecule has 0 unspecified atom stereocenters. The molecule has 10 heteroatoms. The van der Waals surface area contributed by atoms with Gasteiger partial charge < -0.3 is 19.8 Å². The number of halogens is 3. The second kappa shape index (κ2) is 7.28. The molecule has 1 aliphatic rings. The number of piperidine rings is 1. The highest BCUT2D eigenvalue weighted by Crippen LogP contribution is 2.36. The second-order valence-electron chi connectivity index (χ2n) is 6.43. The number of β-amino-alcohol motifs (C(OH)–C–C–N with tert-alkyl or cyclic N) is 1. The molecule has 0 aliphatic carbocycles. The van der Waals surface area contributed by atoms with Crippen molar-refractivity contribution >= 4 is 5.95 Å². The number of aliphatic hydroxyl groups is 1. The molecule has 0 bridgehead atoms. The van der Waals surface area contributed by atoms with Crippen LogP contribution in [0.5, 0.6) is 5.75 Å². The molecule has 1 aromatic heterocycles. The number of alkyl halides is 3. The van der Waals surface area contributed by atoms with Crippen molar-refractivity contribution in [1.29, 1.82) is 0 Å². The van der Waals surface area contributed by atoms with E-state index in [0.29, 0.717) is 31.3 Å². The van der Waals surface area contributed by atoms with Gasteiger partial charge in [0, 0.05) is 32.2 Å². The molecule has 2 aromatic rings. The van der Waals surface area contributed by atoms with Gasteiger partial charge in [-0.25, -0.2) is 4.98 Å². The predicted octanol–water partition coefficient (Wildman–Crippen LogP) is 2.16. The first-order valence-corrected chi connectivity index (χ1v) is 8.26. The summed E-state index contributed by atoms with van der Waals surface area (Å²) in [7, 11) is 1.56. The van der Waals surface area contributed by atoms with Crippen molar-refractivity contribution in [3.8, 4) is 17.0 Å². The Hall–Kier alpha value is -2.46. The zero-order chi connectivity index (χ0) is 19.8. The number of benzene rings is 1. The fourth-order valence-electron chi connectivity index (χ4n) is 3.04. The summed E-state index contributed by atoms with van der Waals surface area (Å²) >= 11 is 0. The standard InChI is InChI=1S/C17H19F3N4O3/c1-9-15(13-4-3-10(5-14(13)26)17(18,19)20)22-23-16(21-9)24-7-11(25)6-12(8-24)27-2/h3-5,11-12,25-26H,6-8H2,1-2H3/t11-,12-/m1/s1. The number of hydrogen-bond donors (Lipinski definition) is 2. The molecule has 0 radical (unpaired) electrons. The first-order chi connectivity index (χ1) is 12.7. The Morgan fingerprint density at radius 2 is 1.96 bits per heavy atom. The largest absolute Gasteiger partial charge is 0.507 e. The summed E-state index contributed by atoms with van der Waals surface area (Å²) in [6.45, 7) is 2.43. The van der Waals surface area contributed by atoms with Gasteiger partial charge >= 0.3 is 6.18 Å².